The van der Waals surface area contributed by atoms with E-state index in [1.165, 1.54) is 6.07 Å². The van der Waals surface area contributed by atoms with Gasteiger partial charge in [0.25, 0.3) is 0 Å². The van der Waals surface area contributed by atoms with Gasteiger partial charge in [0.15, 0.2) is 11.6 Å². The van der Waals surface area contributed by atoms with Gasteiger partial charge in [0, 0.05) is 9.50 Å². The quantitative estimate of drug-likeness (QED) is 0.802. The van der Waals surface area contributed by atoms with Crippen LogP contribution in [0.15, 0.2) is 40.9 Å². The van der Waals surface area contributed by atoms with E-state index < -0.39 is 11.6 Å². The van der Waals surface area contributed by atoms with Gasteiger partial charge in [-0.25, -0.2) is 8.78 Å². The standard InChI is InChI=1S/C15H13BrClF2N/c1-2-20-15(9-3-6-13(18)14(19)7-9)11-8-10(16)4-5-12(11)17/h3-8,15,20H,2H2,1H3. The van der Waals surface area contributed by atoms with Gasteiger partial charge in [-0.05, 0) is 48.0 Å². The molecule has 1 atom stereocenters. The number of benzene rings is 2. The summed E-state index contributed by atoms with van der Waals surface area (Å²) in [4.78, 5) is 0. The van der Waals surface area contributed by atoms with Gasteiger partial charge in [-0.1, -0.05) is 40.5 Å². The van der Waals surface area contributed by atoms with E-state index >= 15 is 0 Å². The number of nitrogens with one attached hydrogen (secondary N) is 1. The van der Waals surface area contributed by atoms with Crippen LogP contribution in [0.5, 0.6) is 0 Å². The minimum absolute atomic E-state index is 0.292. The molecule has 1 nitrogen and oxygen atoms in total. The van der Waals surface area contributed by atoms with Gasteiger partial charge in [-0.15, -0.1) is 0 Å². The molecule has 106 valence electrons. The minimum Gasteiger partial charge on any atom is -0.306 e. The van der Waals surface area contributed by atoms with E-state index in [0.717, 1.165) is 16.1 Å². The van der Waals surface area contributed by atoms with Gasteiger partial charge >= 0.3 is 0 Å². The summed E-state index contributed by atoms with van der Waals surface area (Å²) in [7, 11) is 0. The van der Waals surface area contributed by atoms with Crippen LogP contribution < -0.4 is 5.32 Å². The highest BCUT2D eigenvalue weighted by atomic mass is 79.9. The molecule has 5 heteroatoms. The second-order valence-electron chi connectivity index (χ2n) is 4.33. The summed E-state index contributed by atoms with van der Waals surface area (Å²) in [5.41, 5.74) is 1.44. The van der Waals surface area contributed by atoms with Crippen LogP contribution >= 0.6 is 27.5 Å². The molecule has 0 radical (unpaired) electrons. The molecule has 0 bridgehead atoms. The van der Waals surface area contributed by atoms with Crippen LogP contribution in [0.1, 0.15) is 24.1 Å². The van der Waals surface area contributed by atoms with Crippen molar-refractivity contribution in [1.29, 1.82) is 0 Å². The van der Waals surface area contributed by atoms with E-state index in [1.54, 1.807) is 12.1 Å². The Bertz CT molecular complexity index is 619. The first-order chi connectivity index (χ1) is 9.52. The summed E-state index contributed by atoms with van der Waals surface area (Å²) in [5.74, 6) is -1.72. The lowest BCUT2D eigenvalue weighted by molar-refractivity contribution is 0.504. The summed E-state index contributed by atoms with van der Waals surface area (Å²) in [6.45, 7) is 2.62. The van der Waals surface area contributed by atoms with E-state index in [2.05, 4.69) is 21.2 Å². The molecular weight excluding hydrogens is 348 g/mol. The van der Waals surface area contributed by atoms with Crippen LogP contribution in [0.3, 0.4) is 0 Å². The Labute approximate surface area is 130 Å². The molecule has 0 aliphatic carbocycles. The van der Waals surface area contributed by atoms with E-state index in [-0.39, 0.29) is 6.04 Å². The molecule has 0 saturated heterocycles. The van der Waals surface area contributed by atoms with Crippen molar-refractivity contribution in [3.8, 4) is 0 Å². The highest BCUT2D eigenvalue weighted by molar-refractivity contribution is 9.10. The van der Waals surface area contributed by atoms with Crippen molar-refractivity contribution in [1.82, 2.24) is 5.32 Å². The molecule has 20 heavy (non-hydrogen) atoms. The lowest BCUT2D eigenvalue weighted by atomic mass is 9.98. The molecular formula is C15H13BrClF2N. The summed E-state index contributed by atoms with van der Waals surface area (Å²) in [6.07, 6.45) is 0. The van der Waals surface area contributed by atoms with E-state index in [9.17, 15) is 8.78 Å². The summed E-state index contributed by atoms with van der Waals surface area (Å²) in [6, 6.07) is 9.06. The van der Waals surface area contributed by atoms with Gasteiger partial charge in [0.1, 0.15) is 0 Å². The number of halogens is 4. The van der Waals surface area contributed by atoms with Crippen molar-refractivity contribution in [3.63, 3.8) is 0 Å². The summed E-state index contributed by atoms with van der Waals surface area (Å²) < 4.78 is 27.4. The Kier molecular flexibility index (Phi) is 5.13. The third-order valence-corrected chi connectivity index (χ3v) is 3.79. The molecule has 0 saturated carbocycles. The smallest absolute Gasteiger partial charge is 0.159 e. The van der Waals surface area contributed by atoms with Crippen LogP contribution in [-0.4, -0.2) is 6.54 Å². The van der Waals surface area contributed by atoms with Gasteiger partial charge in [0.2, 0.25) is 0 Å². The molecule has 2 aromatic rings. The molecule has 0 amide bonds. The first-order valence-electron chi connectivity index (χ1n) is 6.16. The maximum Gasteiger partial charge on any atom is 0.159 e. The third-order valence-electron chi connectivity index (χ3n) is 2.95. The number of hydrogen-bond donors (Lipinski definition) is 1. The fourth-order valence-electron chi connectivity index (χ4n) is 2.04. The Hall–Kier alpha value is -0.970. The van der Waals surface area contributed by atoms with Gasteiger partial charge in [-0.3, -0.25) is 0 Å². The average molecular weight is 361 g/mol. The maximum atomic E-state index is 13.4. The maximum absolute atomic E-state index is 13.4. The van der Waals surface area contributed by atoms with Crippen molar-refractivity contribution in [2.75, 3.05) is 6.54 Å². The minimum atomic E-state index is -0.864. The first-order valence-corrected chi connectivity index (χ1v) is 7.33. The second-order valence-corrected chi connectivity index (χ2v) is 5.65. The molecule has 0 aromatic heterocycles. The molecule has 0 aliphatic rings. The third kappa shape index (κ3) is 3.37. The van der Waals surface area contributed by atoms with E-state index in [0.29, 0.717) is 17.1 Å². The van der Waals surface area contributed by atoms with Crippen LogP contribution in [0.2, 0.25) is 5.02 Å². The van der Waals surface area contributed by atoms with Gasteiger partial charge in [-0.2, -0.15) is 0 Å². The van der Waals surface area contributed by atoms with Crippen molar-refractivity contribution >= 4 is 27.5 Å². The van der Waals surface area contributed by atoms with Crippen LogP contribution in [0, 0.1) is 11.6 Å². The van der Waals surface area contributed by atoms with Crippen molar-refractivity contribution in [3.05, 3.63) is 68.7 Å². The molecule has 2 rings (SSSR count). The van der Waals surface area contributed by atoms with Crippen LogP contribution in [-0.2, 0) is 0 Å². The van der Waals surface area contributed by atoms with Gasteiger partial charge in [0.05, 0.1) is 6.04 Å². The zero-order valence-electron chi connectivity index (χ0n) is 10.8. The second kappa shape index (κ2) is 6.66. The highest BCUT2D eigenvalue weighted by Gasteiger charge is 2.18. The average Bonchev–Trinajstić information content (AvgIpc) is 2.42. The molecule has 1 unspecified atom stereocenters. The number of rotatable bonds is 4. The van der Waals surface area contributed by atoms with E-state index in [4.69, 9.17) is 11.6 Å². The van der Waals surface area contributed by atoms with Crippen molar-refractivity contribution in [2.45, 2.75) is 13.0 Å². The first kappa shape index (κ1) is 15.4. The SMILES string of the molecule is CCNC(c1ccc(F)c(F)c1)c1cc(Br)ccc1Cl. The zero-order valence-corrected chi connectivity index (χ0v) is 13.1. The van der Waals surface area contributed by atoms with Crippen molar-refractivity contribution < 1.29 is 8.78 Å². The molecule has 2 aromatic carbocycles. The predicted octanol–water partition coefficient (Wildman–Crippen LogP) is 5.08. The van der Waals surface area contributed by atoms with E-state index in [1.807, 2.05) is 19.1 Å². The predicted molar refractivity (Wildman–Crippen MR) is 81.0 cm³/mol. The molecule has 0 heterocycles. The summed E-state index contributed by atoms with van der Waals surface area (Å²) in [5, 5.41) is 3.81. The lowest BCUT2D eigenvalue weighted by Crippen LogP contribution is -2.22. The molecule has 1 N–H and O–H groups in total. The molecule has 0 fully saturated rings. The molecule has 0 aliphatic heterocycles. The zero-order chi connectivity index (χ0) is 14.7. The fourth-order valence-corrected chi connectivity index (χ4v) is 2.64. The fraction of sp³-hybridized carbons (Fsp3) is 0.200. The Balaban J connectivity index is 2.49. The largest absolute Gasteiger partial charge is 0.306 e. The topological polar surface area (TPSA) is 12.0 Å². The number of hydrogen-bond acceptors (Lipinski definition) is 1. The van der Waals surface area contributed by atoms with Gasteiger partial charge < -0.3 is 5.32 Å². The van der Waals surface area contributed by atoms with Crippen LogP contribution in [0.4, 0.5) is 8.78 Å². The van der Waals surface area contributed by atoms with Crippen LogP contribution in [0.25, 0.3) is 0 Å². The monoisotopic (exact) mass is 359 g/mol. The lowest BCUT2D eigenvalue weighted by Gasteiger charge is -2.20. The summed E-state index contributed by atoms with van der Waals surface area (Å²) >= 11 is 9.61. The van der Waals surface area contributed by atoms with Crippen molar-refractivity contribution in [2.24, 2.45) is 0 Å². The Morgan fingerprint density at radius 2 is 1.90 bits per heavy atom. The Morgan fingerprint density at radius 3 is 2.55 bits per heavy atom. The highest BCUT2D eigenvalue weighted by Crippen LogP contribution is 2.31. The normalized spacial score (nSPS) is 12.4. The Morgan fingerprint density at radius 1 is 1.15 bits per heavy atom. The molecule has 0 spiro atoms.